The number of hydrogen-bond acceptors (Lipinski definition) is 6. The number of rotatable bonds is 6. The first kappa shape index (κ1) is 26.4. The SMILES string of the molecule is C=CC(=O)N1CC[C@@H](NC(=O)c2sc3nccc4c3c2NC(=O)N4c2ccc(Oc3c(F)cccc3F)cc2C)C1. The van der Waals surface area contributed by atoms with Gasteiger partial charge in [-0.05, 0) is 61.4 Å². The van der Waals surface area contributed by atoms with E-state index in [0.29, 0.717) is 57.2 Å². The van der Waals surface area contributed by atoms with Crippen LogP contribution >= 0.6 is 11.3 Å². The lowest BCUT2D eigenvalue weighted by atomic mass is 10.1. The van der Waals surface area contributed by atoms with Crippen molar-refractivity contribution in [3.63, 3.8) is 0 Å². The van der Waals surface area contributed by atoms with Crippen LogP contribution in [0.15, 0.2) is 61.3 Å². The first-order valence-corrected chi connectivity index (χ1v) is 13.5. The number of aryl methyl sites for hydroxylation is 1. The van der Waals surface area contributed by atoms with Crippen LogP contribution in [0.5, 0.6) is 11.5 Å². The lowest BCUT2D eigenvalue weighted by Gasteiger charge is -2.29. The summed E-state index contributed by atoms with van der Waals surface area (Å²) in [4.78, 5) is 47.1. The molecular formula is C29H23F2N5O4S. The number of ether oxygens (including phenoxy) is 1. The van der Waals surface area contributed by atoms with Crippen molar-refractivity contribution in [3.8, 4) is 11.5 Å². The molecule has 41 heavy (non-hydrogen) atoms. The van der Waals surface area contributed by atoms with Gasteiger partial charge in [0.2, 0.25) is 5.91 Å². The fourth-order valence-electron chi connectivity index (χ4n) is 5.08. The predicted octanol–water partition coefficient (Wildman–Crippen LogP) is 5.88. The van der Waals surface area contributed by atoms with Crippen molar-refractivity contribution in [2.45, 2.75) is 19.4 Å². The molecule has 1 fully saturated rings. The van der Waals surface area contributed by atoms with Gasteiger partial charge in [0.15, 0.2) is 17.4 Å². The molecule has 9 nitrogen and oxygen atoms in total. The second kappa shape index (κ2) is 10.3. The van der Waals surface area contributed by atoms with Gasteiger partial charge in [0.05, 0.1) is 22.4 Å². The van der Waals surface area contributed by atoms with Gasteiger partial charge in [-0.15, -0.1) is 11.3 Å². The van der Waals surface area contributed by atoms with E-state index < -0.39 is 23.4 Å². The zero-order chi connectivity index (χ0) is 28.8. The Morgan fingerprint density at radius 3 is 2.71 bits per heavy atom. The number of carbonyl (C=O) groups is 3. The van der Waals surface area contributed by atoms with Crippen LogP contribution in [0.2, 0.25) is 0 Å². The number of hydrogen-bond donors (Lipinski definition) is 2. The van der Waals surface area contributed by atoms with Crippen molar-refractivity contribution in [2.24, 2.45) is 0 Å². The van der Waals surface area contributed by atoms with Crippen molar-refractivity contribution >= 4 is 56.5 Å². The minimum absolute atomic E-state index is 0.186. The molecule has 208 valence electrons. The third-order valence-electron chi connectivity index (χ3n) is 7.01. The van der Waals surface area contributed by atoms with Gasteiger partial charge < -0.3 is 20.3 Å². The maximum absolute atomic E-state index is 14.1. The van der Waals surface area contributed by atoms with Gasteiger partial charge >= 0.3 is 6.03 Å². The molecule has 2 N–H and O–H groups in total. The third-order valence-corrected chi connectivity index (χ3v) is 8.11. The smallest absolute Gasteiger partial charge is 0.331 e. The number of thiophene rings is 1. The van der Waals surface area contributed by atoms with Gasteiger partial charge in [0, 0.05) is 25.3 Å². The van der Waals surface area contributed by atoms with E-state index in [9.17, 15) is 23.2 Å². The number of amides is 4. The summed E-state index contributed by atoms with van der Waals surface area (Å²) in [6, 6.07) is 9.15. The standard InChI is InChI=1S/C29H23F2N5O4S/c1-3-22(37)35-12-10-16(14-35)33-27(38)26-24-23-21(9-11-32-28(23)41-26)36(29(39)34-24)20-8-7-17(13-15(20)2)40-25-18(30)5-4-6-19(25)31/h3-9,11,13,16H,1,10,12,14H2,2H3,(H,33,38)(H,34,39)/t16-/m1/s1. The molecule has 2 aliphatic rings. The minimum Gasteiger partial charge on any atom is -0.451 e. The number of para-hydroxylation sites is 1. The average Bonchev–Trinajstić information content (AvgIpc) is 3.57. The quantitative estimate of drug-likeness (QED) is 0.280. The highest BCUT2D eigenvalue weighted by atomic mass is 32.1. The molecule has 0 radical (unpaired) electrons. The van der Waals surface area contributed by atoms with Crippen LogP contribution in [-0.2, 0) is 4.79 Å². The molecule has 4 amide bonds. The fourth-order valence-corrected chi connectivity index (χ4v) is 6.10. The summed E-state index contributed by atoms with van der Waals surface area (Å²) < 4.78 is 33.6. The Bertz CT molecular complexity index is 1740. The Morgan fingerprint density at radius 1 is 1.20 bits per heavy atom. The van der Waals surface area contributed by atoms with Gasteiger partial charge in [0.1, 0.15) is 15.5 Å². The van der Waals surface area contributed by atoms with E-state index >= 15 is 0 Å². The number of urea groups is 1. The molecule has 4 aromatic rings. The highest BCUT2D eigenvalue weighted by Gasteiger charge is 2.34. The van der Waals surface area contributed by atoms with Crippen LogP contribution in [0.25, 0.3) is 10.2 Å². The molecule has 2 aromatic heterocycles. The summed E-state index contributed by atoms with van der Waals surface area (Å²) in [7, 11) is 0. The lowest BCUT2D eigenvalue weighted by molar-refractivity contribution is -0.125. The molecule has 6 rings (SSSR count). The maximum atomic E-state index is 14.1. The number of pyridine rings is 1. The molecule has 0 aliphatic carbocycles. The van der Waals surface area contributed by atoms with E-state index in [4.69, 9.17) is 4.74 Å². The molecule has 12 heteroatoms. The summed E-state index contributed by atoms with van der Waals surface area (Å²) in [5.41, 5.74) is 2.02. The zero-order valence-corrected chi connectivity index (χ0v) is 22.6. The van der Waals surface area contributed by atoms with Gasteiger partial charge in [-0.1, -0.05) is 12.6 Å². The van der Waals surface area contributed by atoms with Crippen LogP contribution in [0.3, 0.4) is 0 Å². The normalized spacial score (nSPS) is 16.1. The van der Waals surface area contributed by atoms with Crippen LogP contribution in [0, 0.1) is 18.6 Å². The zero-order valence-electron chi connectivity index (χ0n) is 21.7. The van der Waals surface area contributed by atoms with Crippen molar-refractivity contribution in [1.82, 2.24) is 15.2 Å². The van der Waals surface area contributed by atoms with E-state index in [-0.39, 0.29) is 23.6 Å². The Morgan fingerprint density at radius 2 is 1.98 bits per heavy atom. The summed E-state index contributed by atoms with van der Waals surface area (Å²) in [5.74, 6) is -2.53. The molecule has 1 saturated heterocycles. The molecular weight excluding hydrogens is 552 g/mol. The fraction of sp³-hybridized carbons (Fsp3) is 0.172. The van der Waals surface area contributed by atoms with Crippen LogP contribution in [0.1, 0.15) is 21.7 Å². The summed E-state index contributed by atoms with van der Waals surface area (Å²) >= 11 is 1.16. The number of nitrogens with one attached hydrogen (secondary N) is 2. The maximum Gasteiger partial charge on any atom is 0.331 e. The van der Waals surface area contributed by atoms with Crippen molar-refractivity contribution in [1.29, 1.82) is 0 Å². The molecule has 4 heterocycles. The largest absolute Gasteiger partial charge is 0.451 e. The Hall–Kier alpha value is -4.84. The monoisotopic (exact) mass is 575 g/mol. The summed E-state index contributed by atoms with van der Waals surface area (Å²) in [5, 5.41) is 6.43. The molecule has 0 bridgehead atoms. The number of aromatic nitrogens is 1. The Kier molecular flexibility index (Phi) is 6.62. The Balaban J connectivity index is 1.30. The molecule has 2 aliphatic heterocycles. The average molecular weight is 576 g/mol. The third kappa shape index (κ3) is 4.65. The molecule has 2 aromatic carbocycles. The van der Waals surface area contributed by atoms with Crippen molar-refractivity contribution < 1.29 is 27.9 Å². The Labute approximate surface area is 237 Å². The van der Waals surface area contributed by atoms with Gasteiger partial charge in [0.25, 0.3) is 5.91 Å². The predicted molar refractivity (Wildman–Crippen MR) is 151 cm³/mol. The molecule has 0 saturated carbocycles. The number of benzene rings is 2. The van der Waals surface area contributed by atoms with E-state index in [2.05, 4.69) is 22.2 Å². The van der Waals surface area contributed by atoms with Crippen LogP contribution in [0.4, 0.5) is 30.6 Å². The lowest BCUT2D eigenvalue weighted by Crippen LogP contribution is -2.39. The molecule has 0 unspecified atom stereocenters. The van der Waals surface area contributed by atoms with E-state index in [1.165, 1.54) is 23.1 Å². The van der Waals surface area contributed by atoms with Crippen molar-refractivity contribution in [2.75, 3.05) is 23.3 Å². The summed E-state index contributed by atoms with van der Waals surface area (Å²) in [6.45, 7) is 6.15. The summed E-state index contributed by atoms with van der Waals surface area (Å²) in [6.07, 6.45) is 3.42. The van der Waals surface area contributed by atoms with Gasteiger partial charge in [-0.2, -0.15) is 0 Å². The molecule has 0 spiro atoms. The van der Waals surface area contributed by atoms with E-state index in [0.717, 1.165) is 23.5 Å². The van der Waals surface area contributed by atoms with Gasteiger partial charge in [-0.3, -0.25) is 14.5 Å². The topological polar surface area (TPSA) is 104 Å². The highest BCUT2D eigenvalue weighted by molar-refractivity contribution is 7.21. The second-order valence-electron chi connectivity index (χ2n) is 9.63. The number of nitrogens with zero attached hydrogens (tertiary/aromatic N) is 3. The van der Waals surface area contributed by atoms with Crippen LogP contribution in [-0.4, -0.2) is 46.9 Å². The first-order valence-electron chi connectivity index (χ1n) is 12.7. The van der Waals surface area contributed by atoms with Crippen molar-refractivity contribution in [3.05, 3.63) is 83.4 Å². The minimum atomic E-state index is -0.832. The van der Waals surface area contributed by atoms with Crippen LogP contribution < -0.4 is 20.3 Å². The van der Waals surface area contributed by atoms with E-state index in [1.807, 2.05) is 0 Å². The highest BCUT2D eigenvalue weighted by Crippen LogP contribution is 2.46. The van der Waals surface area contributed by atoms with E-state index in [1.54, 1.807) is 36.2 Å². The first-order chi connectivity index (χ1) is 19.7. The number of halogens is 2. The molecule has 1 atom stereocenters. The van der Waals surface area contributed by atoms with Gasteiger partial charge in [-0.25, -0.2) is 18.6 Å². The number of likely N-dealkylation sites (tertiary alicyclic amines) is 1. The number of anilines is 3. The second-order valence-corrected chi connectivity index (χ2v) is 10.6. The number of carbonyl (C=O) groups excluding carboxylic acids is 3.